The fourth-order valence-electron chi connectivity index (χ4n) is 3.08. The summed E-state index contributed by atoms with van der Waals surface area (Å²) < 4.78 is 1.07. The highest BCUT2D eigenvalue weighted by Gasteiger charge is 2.32. The van der Waals surface area contributed by atoms with Crippen LogP contribution in [0.5, 0.6) is 0 Å². The summed E-state index contributed by atoms with van der Waals surface area (Å²) in [7, 11) is 0. The fourth-order valence-corrected chi connectivity index (χ4v) is 3.48. The molecule has 2 atom stereocenters. The van der Waals surface area contributed by atoms with Gasteiger partial charge in [-0.25, -0.2) is 0 Å². The molecule has 0 saturated heterocycles. The van der Waals surface area contributed by atoms with Crippen LogP contribution in [0.3, 0.4) is 0 Å². The van der Waals surface area contributed by atoms with Crippen LogP contribution >= 0.6 is 15.9 Å². The standard InChI is InChI=1S/C16H24BrNO/c1-2-13-5-4-9-16(12-19,10-8-13)18-15-7-3-6-14(17)11-15/h3,6-7,11,13,18-19H,2,4-5,8-10,12H2,1H3. The second kappa shape index (κ2) is 6.76. The van der Waals surface area contributed by atoms with Crippen molar-refractivity contribution >= 4 is 21.6 Å². The summed E-state index contributed by atoms with van der Waals surface area (Å²) in [4.78, 5) is 0. The van der Waals surface area contributed by atoms with Crippen LogP contribution in [0, 0.1) is 5.92 Å². The molecule has 2 N–H and O–H groups in total. The normalized spacial score (nSPS) is 27.8. The monoisotopic (exact) mass is 325 g/mol. The third-order valence-corrected chi connectivity index (χ3v) is 4.91. The van der Waals surface area contributed by atoms with E-state index in [2.05, 4.69) is 40.3 Å². The summed E-state index contributed by atoms with van der Waals surface area (Å²) in [5.41, 5.74) is 0.962. The highest BCUT2D eigenvalue weighted by atomic mass is 79.9. The Hall–Kier alpha value is -0.540. The second-order valence-corrected chi connectivity index (χ2v) is 6.69. The zero-order chi connectivity index (χ0) is 13.7. The number of aliphatic hydroxyl groups is 1. The van der Waals surface area contributed by atoms with Crippen LogP contribution in [0.4, 0.5) is 5.69 Å². The quantitative estimate of drug-likeness (QED) is 0.794. The molecule has 2 unspecified atom stereocenters. The number of nitrogens with one attached hydrogen (secondary N) is 1. The van der Waals surface area contributed by atoms with E-state index in [9.17, 15) is 5.11 Å². The molecule has 1 aromatic rings. The number of benzene rings is 1. The van der Waals surface area contributed by atoms with Crippen LogP contribution in [0.1, 0.15) is 45.4 Å². The van der Waals surface area contributed by atoms with E-state index in [4.69, 9.17) is 0 Å². The Morgan fingerprint density at radius 1 is 1.37 bits per heavy atom. The summed E-state index contributed by atoms with van der Waals surface area (Å²) in [6.45, 7) is 2.49. The minimum absolute atomic E-state index is 0.134. The Morgan fingerprint density at radius 3 is 2.89 bits per heavy atom. The van der Waals surface area contributed by atoms with Crippen LogP contribution in [-0.2, 0) is 0 Å². The average molecular weight is 326 g/mol. The first-order valence-corrected chi connectivity index (χ1v) is 8.11. The van der Waals surface area contributed by atoms with Gasteiger partial charge >= 0.3 is 0 Å². The predicted octanol–water partition coefficient (Wildman–Crippen LogP) is 4.58. The molecule has 1 aromatic carbocycles. The SMILES string of the molecule is CCC1CCCC(CO)(Nc2cccc(Br)c2)CC1. The van der Waals surface area contributed by atoms with E-state index in [-0.39, 0.29) is 12.1 Å². The predicted molar refractivity (Wildman–Crippen MR) is 84.4 cm³/mol. The van der Waals surface area contributed by atoms with Gasteiger partial charge in [0.25, 0.3) is 0 Å². The third-order valence-electron chi connectivity index (χ3n) is 4.41. The van der Waals surface area contributed by atoms with Gasteiger partial charge in [-0.15, -0.1) is 0 Å². The topological polar surface area (TPSA) is 32.3 Å². The maximum Gasteiger partial charge on any atom is 0.0661 e. The summed E-state index contributed by atoms with van der Waals surface area (Å²) in [5.74, 6) is 0.831. The van der Waals surface area contributed by atoms with Crippen molar-refractivity contribution in [1.82, 2.24) is 0 Å². The van der Waals surface area contributed by atoms with Crippen LogP contribution in [0.15, 0.2) is 28.7 Å². The number of hydrogen-bond donors (Lipinski definition) is 2. The Balaban J connectivity index is 2.09. The molecule has 0 aromatic heterocycles. The molecule has 2 rings (SSSR count). The molecule has 1 saturated carbocycles. The third kappa shape index (κ3) is 3.96. The molecule has 19 heavy (non-hydrogen) atoms. The van der Waals surface area contributed by atoms with Crippen molar-refractivity contribution < 1.29 is 5.11 Å². The molecule has 0 aliphatic heterocycles. The Morgan fingerprint density at radius 2 is 2.21 bits per heavy atom. The highest BCUT2D eigenvalue weighted by Crippen LogP contribution is 2.34. The number of halogens is 1. The second-order valence-electron chi connectivity index (χ2n) is 5.78. The van der Waals surface area contributed by atoms with Gasteiger partial charge in [-0.05, 0) is 43.4 Å². The van der Waals surface area contributed by atoms with Gasteiger partial charge in [0.2, 0.25) is 0 Å². The number of rotatable bonds is 4. The van der Waals surface area contributed by atoms with Gasteiger partial charge < -0.3 is 10.4 Å². The van der Waals surface area contributed by atoms with Crippen molar-refractivity contribution in [1.29, 1.82) is 0 Å². The molecule has 0 bridgehead atoms. The minimum atomic E-state index is -0.134. The lowest BCUT2D eigenvalue weighted by atomic mass is 9.89. The van der Waals surface area contributed by atoms with Gasteiger partial charge in [0.15, 0.2) is 0 Å². The van der Waals surface area contributed by atoms with Gasteiger partial charge in [0.1, 0.15) is 0 Å². The Labute approximate surface area is 124 Å². The Bertz CT molecular complexity index is 409. The zero-order valence-corrected chi connectivity index (χ0v) is 13.2. The molecule has 2 nitrogen and oxygen atoms in total. The van der Waals surface area contributed by atoms with E-state index in [0.717, 1.165) is 28.9 Å². The van der Waals surface area contributed by atoms with Gasteiger partial charge in [0.05, 0.1) is 12.1 Å². The summed E-state index contributed by atoms with van der Waals surface area (Å²) in [5, 5.41) is 13.5. The van der Waals surface area contributed by atoms with E-state index < -0.39 is 0 Å². The molecule has 1 aliphatic rings. The molecule has 0 heterocycles. The lowest BCUT2D eigenvalue weighted by Crippen LogP contribution is -2.41. The van der Waals surface area contributed by atoms with E-state index in [1.165, 1.54) is 25.7 Å². The summed E-state index contributed by atoms with van der Waals surface area (Å²) in [6.07, 6.45) is 7.12. The van der Waals surface area contributed by atoms with E-state index in [0.29, 0.717) is 0 Å². The average Bonchev–Trinajstić information content (AvgIpc) is 2.62. The molecular weight excluding hydrogens is 302 g/mol. The number of anilines is 1. The fraction of sp³-hybridized carbons (Fsp3) is 0.625. The maximum atomic E-state index is 9.88. The van der Waals surface area contributed by atoms with Gasteiger partial charge in [-0.1, -0.05) is 48.2 Å². The van der Waals surface area contributed by atoms with E-state index >= 15 is 0 Å². The molecule has 106 valence electrons. The summed E-state index contributed by atoms with van der Waals surface area (Å²) in [6, 6.07) is 8.21. The molecule has 0 radical (unpaired) electrons. The molecule has 0 amide bonds. The molecular formula is C16H24BrNO. The van der Waals surface area contributed by atoms with Crippen molar-refractivity contribution in [3.05, 3.63) is 28.7 Å². The molecule has 0 spiro atoms. The van der Waals surface area contributed by atoms with Gasteiger partial charge in [0, 0.05) is 10.2 Å². The van der Waals surface area contributed by atoms with Gasteiger partial charge in [-0.2, -0.15) is 0 Å². The van der Waals surface area contributed by atoms with E-state index in [1.807, 2.05) is 12.1 Å². The molecule has 1 fully saturated rings. The van der Waals surface area contributed by atoms with Crippen molar-refractivity contribution in [2.75, 3.05) is 11.9 Å². The number of aliphatic hydroxyl groups excluding tert-OH is 1. The number of hydrogen-bond acceptors (Lipinski definition) is 2. The minimum Gasteiger partial charge on any atom is -0.394 e. The zero-order valence-electron chi connectivity index (χ0n) is 11.7. The first-order chi connectivity index (χ1) is 9.17. The smallest absolute Gasteiger partial charge is 0.0661 e. The maximum absolute atomic E-state index is 9.88. The van der Waals surface area contributed by atoms with Crippen LogP contribution in [-0.4, -0.2) is 17.3 Å². The van der Waals surface area contributed by atoms with E-state index in [1.54, 1.807) is 0 Å². The lowest BCUT2D eigenvalue weighted by Gasteiger charge is -2.33. The Kier molecular flexibility index (Phi) is 5.28. The van der Waals surface area contributed by atoms with Crippen molar-refractivity contribution in [2.45, 2.75) is 51.0 Å². The lowest BCUT2D eigenvalue weighted by molar-refractivity contribution is 0.194. The first kappa shape index (κ1) is 14.9. The molecule has 3 heteroatoms. The van der Waals surface area contributed by atoms with Crippen molar-refractivity contribution in [3.8, 4) is 0 Å². The van der Waals surface area contributed by atoms with Crippen molar-refractivity contribution in [3.63, 3.8) is 0 Å². The van der Waals surface area contributed by atoms with Crippen LogP contribution < -0.4 is 5.32 Å². The van der Waals surface area contributed by atoms with Crippen molar-refractivity contribution in [2.24, 2.45) is 5.92 Å². The van der Waals surface area contributed by atoms with Gasteiger partial charge in [-0.3, -0.25) is 0 Å². The largest absolute Gasteiger partial charge is 0.394 e. The van der Waals surface area contributed by atoms with Crippen LogP contribution in [0.25, 0.3) is 0 Å². The summed E-state index contributed by atoms with van der Waals surface area (Å²) >= 11 is 3.50. The molecule has 1 aliphatic carbocycles. The first-order valence-electron chi connectivity index (χ1n) is 7.32. The van der Waals surface area contributed by atoms with Crippen LogP contribution in [0.2, 0.25) is 0 Å². The highest BCUT2D eigenvalue weighted by molar-refractivity contribution is 9.10.